The summed E-state index contributed by atoms with van der Waals surface area (Å²) in [6.07, 6.45) is 1.16. The summed E-state index contributed by atoms with van der Waals surface area (Å²) in [5, 5.41) is 6.68. The smallest absolute Gasteiger partial charge is 0.191 e. The SMILES string of the molecule is CCNC(=NCc1ccc(OC)c(OC)c1)NCCN(C)C(C)CC.I. The molecule has 7 heteroatoms. The number of benzene rings is 1. The van der Waals surface area contributed by atoms with Gasteiger partial charge in [-0.25, -0.2) is 4.99 Å². The van der Waals surface area contributed by atoms with Crippen LogP contribution in [0.3, 0.4) is 0 Å². The minimum atomic E-state index is 0. The minimum absolute atomic E-state index is 0. The molecule has 0 aliphatic rings. The molecule has 26 heavy (non-hydrogen) atoms. The highest BCUT2D eigenvalue weighted by Crippen LogP contribution is 2.27. The van der Waals surface area contributed by atoms with E-state index in [2.05, 4.69) is 48.3 Å². The topological polar surface area (TPSA) is 58.1 Å². The van der Waals surface area contributed by atoms with Crippen molar-refractivity contribution in [3.63, 3.8) is 0 Å². The van der Waals surface area contributed by atoms with Crippen LogP contribution in [0.15, 0.2) is 23.2 Å². The fourth-order valence-corrected chi connectivity index (χ4v) is 2.37. The van der Waals surface area contributed by atoms with Crippen LogP contribution in [0.25, 0.3) is 0 Å². The summed E-state index contributed by atoms with van der Waals surface area (Å²) in [5.74, 6) is 2.28. The van der Waals surface area contributed by atoms with Crippen molar-refractivity contribution in [2.75, 3.05) is 40.9 Å². The highest BCUT2D eigenvalue weighted by Gasteiger charge is 2.07. The van der Waals surface area contributed by atoms with Crippen LogP contribution < -0.4 is 20.1 Å². The average Bonchev–Trinajstić information content (AvgIpc) is 2.64. The first-order chi connectivity index (χ1) is 12.0. The molecule has 0 aliphatic carbocycles. The third kappa shape index (κ3) is 8.44. The summed E-state index contributed by atoms with van der Waals surface area (Å²) in [6, 6.07) is 6.46. The van der Waals surface area contributed by atoms with Gasteiger partial charge in [0, 0.05) is 25.7 Å². The van der Waals surface area contributed by atoms with Gasteiger partial charge >= 0.3 is 0 Å². The molecule has 150 valence electrons. The first-order valence-corrected chi connectivity index (χ1v) is 8.98. The van der Waals surface area contributed by atoms with Gasteiger partial charge in [-0.15, -0.1) is 24.0 Å². The second-order valence-electron chi connectivity index (χ2n) is 6.05. The third-order valence-electron chi connectivity index (χ3n) is 4.31. The van der Waals surface area contributed by atoms with E-state index in [1.807, 2.05) is 18.2 Å². The van der Waals surface area contributed by atoms with Gasteiger partial charge in [0.05, 0.1) is 20.8 Å². The molecule has 1 atom stereocenters. The monoisotopic (exact) mass is 478 g/mol. The van der Waals surface area contributed by atoms with Gasteiger partial charge in [0.25, 0.3) is 0 Å². The summed E-state index contributed by atoms with van der Waals surface area (Å²) >= 11 is 0. The Labute approximate surface area is 175 Å². The number of rotatable bonds is 10. The Balaban J connectivity index is 0.00000625. The first-order valence-electron chi connectivity index (χ1n) is 8.98. The summed E-state index contributed by atoms with van der Waals surface area (Å²) in [6.45, 7) is 9.78. The van der Waals surface area contributed by atoms with Crippen molar-refractivity contribution >= 4 is 29.9 Å². The highest BCUT2D eigenvalue weighted by atomic mass is 127. The Morgan fingerprint density at radius 2 is 1.85 bits per heavy atom. The largest absolute Gasteiger partial charge is 0.493 e. The zero-order valence-corrected chi connectivity index (χ0v) is 19.3. The quantitative estimate of drug-likeness (QED) is 0.308. The molecule has 0 fully saturated rings. The van der Waals surface area contributed by atoms with Gasteiger partial charge < -0.3 is 25.0 Å². The fraction of sp³-hybridized carbons (Fsp3) is 0.632. The van der Waals surface area contributed by atoms with Gasteiger partial charge in [-0.2, -0.15) is 0 Å². The number of hydrogen-bond donors (Lipinski definition) is 2. The van der Waals surface area contributed by atoms with Crippen molar-refractivity contribution in [1.29, 1.82) is 0 Å². The Kier molecular flexibility index (Phi) is 13.3. The number of halogens is 1. The number of nitrogens with one attached hydrogen (secondary N) is 2. The van der Waals surface area contributed by atoms with Gasteiger partial charge in [-0.05, 0) is 45.0 Å². The van der Waals surface area contributed by atoms with E-state index in [1.165, 1.54) is 0 Å². The molecule has 1 rings (SSSR count). The predicted octanol–water partition coefficient (Wildman–Crippen LogP) is 3.11. The predicted molar refractivity (Wildman–Crippen MR) is 120 cm³/mol. The van der Waals surface area contributed by atoms with Crippen LogP contribution in [-0.2, 0) is 6.54 Å². The van der Waals surface area contributed by atoms with Crippen LogP contribution >= 0.6 is 24.0 Å². The molecule has 0 aliphatic heterocycles. The summed E-state index contributed by atoms with van der Waals surface area (Å²) in [4.78, 5) is 7.01. The Bertz CT molecular complexity index is 540. The van der Waals surface area contributed by atoms with E-state index in [0.717, 1.165) is 49.1 Å². The van der Waals surface area contributed by atoms with Crippen LogP contribution in [0.1, 0.15) is 32.8 Å². The van der Waals surface area contributed by atoms with Crippen molar-refractivity contribution in [3.05, 3.63) is 23.8 Å². The molecule has 0 saturated carbocycles. The Morgan fingerprint density at radius 3 is 2.42 bits per heavy atom. The van der Waals surface area contributed by atoms with E-state index < -0.39 is 0 Å². The molecule has 1 aromatic carbocycles. The molecule has 0 amide bonds. The number of hydrogen-bond acceptors (Lipinski definition) is 4. The highest BCUT2D eigenvalue weighted by molar-refractivity contribution is 14.0. The standard InChI is InChI=1S/C19H34N4O2.HI/c1-7-15(3)23(4)12-11-21-19(20-8-2)22-14-16-9-10-17(24-5)18(13-16)25-6;/h9-10,13,15H,7-8,11-12,14H2,1-6H3,(H2,20,21,22);1H. The lowest BCUT2D eigenvalue weighted by Crippen LogP contribution is -2.42. The minimum Gasteiger partial charge on any atom is -0.493 e. The first kappa shape index (κ1) is 24.8. The molecule has 1 unspecified atom stereocenters. The van der Waals surface area contributed by atoms with E-state index in [4.69, 9.17) is 9.47 Å². The molecule has 0 saturated heterocycles. The van der Waals surface area contributed by atoms with Crippen LogP contribution in [0.4, 0.5) is 0 Å². The number of guanidine groups is 1. The van der Waals surface area contributed by atoms with Crippen LogP contribution in [0, 0.1) is 0 Å². The molecule has 1 aromatic rings. The van der Waals surface area contributed by atoms with Crippen molar-refractivity contribution in [2.45, 2.75) is 39.8 Å². The summed E-state index contributed by atoms with van der Waals surface area (Å²) in [7, 11) is 5.44. The number of ether oxygens (including phenoxy) is 2. The number of likely N-dealkylation sites (N-methyl/N-ethyl adjacent to an activating group) is 1. The Morgan fingerprint density at radius 1 is 1.15 bits per heavy atom. The van der Waals surface area contributed by atoms with Crippen LogP contribution in [0.2, 0.25) is 0 Å². The molecule has 0 bridgehead atoms. The molecule has 0 spiro atoms. The fourth-order valence-electron chi connectivity index (χ4n) is 2.37. The number of nitrogens with zero attached hydrogens (tertiary/aromatic N) is 2. The zero-order chi connectivity index (χ0) is 18.7. The van der Waals surface area contributed by atoms with Gasteiger partial charge in [0.15, 0.2) is 17.5 Å². The van der Waals surface area contributed by atoms with E-state index >= 15 is 0 Å². The van der Waals surface area contributed by atoms with Crippen LogP contribution in [0.5, 0.6) is 11.5 Å². The second-order valence-corrected chi connectivity index (χ2v) is 6.05. The normalized spacial score (nSPS) is 12.3. The maximum atomic E-state index is 5.35. The lowest BCUT2D eigenvalue weighted by molar-refractivity contribution is 0.255. The van der Waals surface area contributed by atoms with E-state index in [0.29, 0.717) is 12.6 Å². The van der Waals surface area contributed by atoms with E-state index in [1.54, 1.807) is 14.2 Å². The lowest BCUT2D eigenvalue weighted by Gasteiger charge is -2.24. The van der Waals surface area contributed by atoms with E-state index in [-0.39, 0.29) is 24.0 Å². The summed E-state index contributed by atoms with van der Waals surface area (Å²) < 4.78 is 10.6. The van der Waals surface area contributed by atoms with Gasteiger partial charge in [-0.3, -0.25) is 0 Å². The van der Waals surface area contributed by atoms with Gasteiger partial charge in [0.1, 0.15) is 0 Å². The van der Waals surface area contributed by atoms with Crippen molar-refractivity contribution in [3.8, 4) is 11.5 Å². The maximum absolute atomic E-state index is 5.35. The molecule has 0 aromatic heterocycles. The molecule has 6 nitrogen and oxygen atoms in total. The van der Waals surface area contributed by atoms with Crippen LogP contribution in [-0.4, -0.2) is 57.8 Å². The van der Waals surface area contributed by atoms with Crippen molar-refractivity contribution < 1.29 is 9.47 Å². The number of aliphatic imine (C=N–C) groups is 1. The molecule has 0 radical (unpaired) electrons. The maximum Gasteiger partial charge on any atom is 0.191 e. The molecular formula is C19H35IN4O2. The zero-order valence-electron chi connectivity index (χ0n) is 17.0. The van der Waals surface area contributed by atoms with Crippen molar-refractivity contribution in [1.82, 2.24) is 15.5 Å². The molecular weight excluding hydrogens is 443 g/mol. The second kappa shape index (κ2) is 13.9. The molecule has 2 N–H and O–H groups in total. The van der Waals surface area contributed by atoms with Gasteiger partial charge in [-0.1, -0.05) is 13.0 Å². The Hall–Kier alpha value is -1.22. The summed E-state index contributed by atoms with van der Waals surface area (Å²) in [5.41, 5.74) is 1.08. The number of methoxy groups -OCH3 is 2. The van der Waals surface area contributed by atoms with E-state index in [9.17, 15) is 0 Å². The van der Waals surface area contributed by atoms with Gasteiger partial charge in [0.2, 0.25) is 0 Å². The average molecular weight is 478 g/mol. The lowest BCUT2D eigenvalue weighted by atomic mass is 10.2. The molecule has 0 heterocycles. The van der Waals surface area contributed by atoms with Crippen molar-refractivity contribution in [2.24, 2.45) is 4.99 Å². The third-order valence-corrected chi connectivity index (χ3v) is 4.31.